The van der Waals surface area contributed by atoms with E-state index in [1.54, 1.807) is 0 Å². The molecular weight excluding hydrogens is 256 g/mol. The van der Waals surface area contributed by atoms with E-state index in [4.69, 9.17) is 0 Å². The van der Waals surface area contributed by atoms with Crippen molar-refractivity contribution in [1.82, 2.24) is 0 Å². The minimum Gasteiger partial charge on any atom is -0.294 e. The summed E-state index contributed by atoms with van der Waals surface area (Å²) in [6.07, 6.45) is 1.37. The van der Waals surface area contributed by atoms with E-state index in [9.17, 15) is 4.79 Å². The van der Waals surface area contributed by atoms with Crippen LogP contribution in [0.25, 0.3) is 0 Å². The van der Waals surface area contributed by atoms with Gasteiger partial charge in [-0.2, -0.15) is 0 Å². The van der Waals surface area contributed by atoms with Crippen LogP contribution in [-0.2, 0) is 11.8 Å². The monoisotopic (exact) mass is 280 g/mol. The van der Waals surface area contributed by atoms with Gasteiger partial charge < -0.3 is 0 Å². The van der Waals surface area contributed by atoms with Crippen LogP contribution in [0.2, 0.25) is 0 Å². The zero-order chi connectivity index (χ0) is 15.5. The smallest absolute Gasteiger partial charge is 0.163 e. The third-order valence-corrected chi connectivity index (χ3v) is 3.83. The van der Waals surface area contributed by atoms with Crippen LogP contribution < -0.4 is 0 Å². The van der Waals surface area contributed by atoms with Crippen LogP contribution in [0.5, 0.6) is 0 Å². The van der Waals surface area contributed by atoms with E-state index in [1.165, 1.54) is 16.7 Å². The summed E-state index contributed by atoms with van der Waals surface area (Å²) in [5.41, 5.74) is 4.68. The van der Waals surface area contributed by atoms with Crippen molar-refractivity contribution in [3.8, 4) is 0 Å². The molecule has 21 heavy (non-hydrogen) atoms. The molecule has 1 nitrogen and oxygen atoms in total. The summed E-state index contributed by atoms with van der Waals surface area (Å²) in [4.78, 5) is 12.2. The number of Topliss-reactive ketones (excluding diaryl/α,β-unsaturated/α-hetero) is 1. The Morgan fingerprint density at radius 2 is 1.48 bits per heavy atom. The molecule has 2 rings (SSSR count). The topological polar surface area (TPSA) is 17.1 Å². The first kappa shape index (κ1) is 15.5. The molecule has 0 heterocycles. The molecule has 0 atom stereocenters. The van der Waals surface area contributed by atoms with Crippen molar-refractivity contribution in [3.05, 3.63) is 70.8 Å². The van der Waals surface area contributed by atoms with Crippen LogP contribution in [-0.4, -0.2) is 5.78 Å². The Morgan fingerprint density at radius 1 is 0.905 bits per heavy atom. The molecule has 0 unspecified atom stereocenters. The number of carbonyl (C=O) groups is 1. The van der Waals surface area contributed by atoms with Gasteiger partial charge in [-0.1, -0.05) is 74.9 Å². The first-order chi connectivity index (χ1) is 9.86. The van der Waals surface area contributed by atoms with E-state index in [1.807, 2.05) is 12.1 Å². The normalized spacial score (nSPS) is 11.4. The Hall–Kier alpha value is -1.89. The second kappa shape index (κ2) is 6.26. The van der Waals surface area contributed by atoms with Gasteiger partial charge in [-0.05, 0) is 29.9 Å². The van der Waals surface area contributed by atoms with Crippen LogP contribution in [0.4, 0.5) is 0 Å². The van der Waals surface area contributed by atoms with Crippen molar-refractivity contribution in [2.75, 3.05) is 0 Å². The van der Waals surface area contributed by atoms with Crippen molar-refractivity contribution in [1.29, 1.82) is 0 Å². The fourth-order valence-corrected chi connectivity index (χ4v) is 2.31. The molecule has 0 aliphatic carbocycles. The highest BCUT2D eigenvalue weighted by atomic mass is 16.1. The molecule has 0 bridgehead atoms. The van der Waals surface area contributed by atoms with Crippen molar-refractivity contribution in [2.24, 2.45) is 0 Å². The van der Waals surface area contributed by atoms with Gasteiger partial charge in [0.1, 0.15) is 0 Å². The SMILES string of the molecule is Cc1ccc(CCC(=O)c2ccc(C(C)(C)C)cc2)cc1. The molecule has 0 aromatic heterocycles. The fourth-order valence-electron chi connectivity index (χ4n) is 2.31. The van der Waals surface area contributed by atoms with E-state index >= 15 is 0 Å². The third kappa shape index (κ3) is 4.29. The Balaban J connectivity index is 1.99. The molecule has 2 aromatic rings. The standard InChI is InChI=1S/C20H24O/c1-15-5-7-16(8-6-15)9-14-19(21)17-10-12-18(13-11-17)20(2,3)4/h5-8,10-13H,9,14H2,1-4H3. The van der Waals surface area contributed by atoms with E-state index in [0.717, 1.165) is 12.0 Å². The quantitative estimate of drug-likeness (QED) is 0.711. The maximum Gasteiger partial charge on any atom is 0.163 e. The number of hydrogen-bond acceptors (Lipinski definition) is 1. The first-order valence-electron chi connectivity index (χ1n) is 7.55. The van der Waals surface area contributed by atoms with Crippen LogP contribution in [0.1, 0.15) is 54.2 Å². The summed E-state index contributed by atoms with van der Waals surface area (Å²) in [7, 11) is 0. The minimum absolute atomic E-state index is 0.128. The zero-order valence-electron chi connectivity index (χ0n) is 13.4. The van der Waals surface area contributed by atoms with Crippen molar-refractivity contribution in [3.63, 3.8) is 0 Å². The van der Waals surface area contributed by atoms with Crippen LogP contribution in [0.15, 0.2) is 48.5 Å². The van der Waals surface area contributed by atoms with Gasteiger partial charge in [0.05, 0.1) is 0 Å². The number of ketones is 1. The predicted molar refractivity (Wildman–Crippen MR) is 89.0 cm³/mol. The van der Waals surface area contributed by atoms with Gasteiger partial charge in [0, 0.05) is 12.0 Å². The third-order valence-electron chi connectivity index (χ3n) is 3.83. The largest absolute Gasteiger partial charge is 0.294 e. The summed E-state index contributed by atoms with van der Waals surface area (Å²) >= 11 is 0. The van der Waals surface area contributed by atoms with Gasteiger partial charge in [0.15, 0.2) is 5.78 Å². The van der Waals surface area contributed by atoms with Crippen molar-refractivity contribution in [2.45, 2.75) is 46.0 Å². The maximum atomic E-state index is 12.2. The average Bonchev–Trinajstić information content (AvgIpc) is 2.45. The molecule has 0 saturated carbocycles. The Morgan fingerprint density at radius 3 is 2.00 bits per heavy atom. The molecule has 0 fully saturated rings. The molecule has 0 spiro atoms. The van der Waals surface area contributed by atoms with Crippen LogP contribution in [0.3, 0.4) is 0 Å². The second-order valence-corrected chi connectivity index (χ2v) is 6.74. The molecule has 0 amide bonds. The zero-order valence-corrected chi connectivity index (χ0v) is 13.4. The molecule has 0 aliphatic heterocycles. The van der Waals surface area contributed by atoms with Gasteiger partial charge in [0.25, 0.3) is 0 Å². The van der Waals surface area contributed by atoms with E-state index in [0.29, 0.717) is 6.42 Å². The molecule has 0 N–H and O–H groups in total. The molecule has 0 saturated heterocycles. The highest BCUT2D eigenvalue weighted by molar-refractivity contribution is 5.96. The lowest BCUT2D eigenvalue weighted by molar-refractivity contribution is 0.0983. The number of carbonyl (C=O) groups excluding carboxylic acids is 1. The summed E-state index contributed by atoms with van der Waals surface area (Å²) in [5, 5.41) is 0. The molecular formula is C20H24O. The average molecular weight is 280 g/mol. The van der Waals surface area contributed by atoms with E-state index < -0.39 is 0 Å². The fraction of sp³-hybridized carbons (Fsp3) is 0.350. The van der Waals surface area contributed by atoms with E-state index in [-0.39, 0.29) is 11.2 Å². The van der Waals surface area contributed by atoms with E-state index in [2.05, 4.69) is 64.1 Å². The number of benzene rings is 2. The maximum absolute atomic E-state index is 12.2. The lowest BCUT2D eigenvalue weighted by Crippen LogP contribution is -2.11. The van der Waals surface area contributed by atoms with Gasteiger partial charge in [0.2, 0.25) is 0 Å². The lowest BCUT2D eigenvalue weighted by Gasteiger charge is -2.19. The summed E-state index contributed by atoms with van der Waals surface area (Å²) < 4.78 is 0. The van der Waals surface area contributed by atoms with Gasteiger partial charge in [-0.25, -0.2) is 0 Å². The second-order valence-electron chi connectivity index (χ2n) is 6.74. The summed E-state index contributed by atoms with van der Waals surface area (Å²) in [5.74, 6) is 0.219. The highest BCUT2D eigenvalue weighted by Gasteiger charge is 2.14. The van der Waals surface area contributed by atoms with Gasteiger partial charge >= 0.3 is 0 Å². The predicted octanol–water partition coefficient (Wildman–Crippen LogP) is 5.11. The Bertz CT molecular complexity index is 598. The molecule has 0 radical (unpaired) electrons. The summed E-state index contributed by atoms with van der Waals surface area (Å²) in [6, 6.07) is 16.4. The first-order valence-corrected chi connectivity index (χ1v) is 7.55. The lowest BCUT2D eigenvalue weighted by atomic mass is 9.86. The van der Waals surface area contributed by atoms with Crippen molar-refractivity contribution < 1.29 is 4.79 Å². The van der Waals surface area contributed by atoms with Crippen molar-refractivity contribution >= 4 is 5.78 Å². The molecule has 1 heteroatoms. The molecule has 110 valence electrons. The van der Waals surface area contributed by atoms with Crippen LogP contribution in [0, 0.1) is 6.92 Å². The molecule has 2 aromatic carbocycles. The molecule has 0 aliphatic rings. The number of rotatable bonds is 4. The Labute approximate surface area is 128 Å². The van der Waals surface area contributed by atoms with Gasteiger partial charge in [-0.15, -0.1) is 0 Å². The summed E-state index contributed by atoms with van der Waals surface area (Å²) in [6.45, 7) is 8.62. The van der Waals surface area contributed by atoms with Gasteiger partial charge in [-0.3, -0.25) is 4.79 Å². The van der Waals surface area contributed by atoms with Crippen LogP contribution >= 0.6 is 0 Å². The highest BCUT2D eigenvalue weighted by Crippen LogP contribution is 2.22. The minimum atomic E-state index is 0.128. The number of hydrogen-bond donors (Lipinski definition) is 0. The number of aryl methyl sites for hydroxylation is 2. The Kier molecular flexibility index (Phi) is 4.62.